The van der Waals surface area contributed by atoms with E-state index in [1.807, 2.05) is 0 Å². The number of carbonyl (C=O) groups is 2. The highest BCUT2D eigenvalue weighted by Gasteiger charge is 2.34. The Morgan fingerprint density at radius 1 is 0.939 bits per heavy atom. The van der Waals surface area contributed by atoms with Gasteiger partial charge in [-0.3, -0.25) is 9.59 Å². The summed E-state index contributed by atoms with van der Waals surface area (Å²) in [4.78, 5) is 26.9. The molecule has 0 unspecified atom stereocenters. The highest BCUT2D eigenvalue weighted by Crippen LogP contribution is 2.32. The Morgan fingerprint density at radius 2 is 1.67 bits per heavy atom. The van der Waals surface area contributed by atoms with Gasteiger partial charge in [0.15, 0.2) is 0 Å². The number of sulfonamides is 1. The van der Waals surface area contributed by atoms with Crippen molar-refractivity contribution in [2.24, 2.45) is 5.92 Å². The Labute approximate surface area is 198 Å². The van der Waals surface area contributed by atoms with E-state index in [0.717, 1.165) is 56.2 Å². The van der Waals surface area contributed by atoms with E-state index in [4.69, 9.17) is 0 Å². The van der Waals surface area contributed by atoms with Gasteiger partial charge < -0.3 is 10.2 Å². The van der Waals surface area contributed by atoms with Crippen molar-refractivity contribution in [2.75, 3.05) is 24.5 Å². The van der Waals surface area contributed by atoms with Gasteiger partial charge in [-0.1, -0.05) is 32.1 Å². The summed E-state index contributed by atoms with van der Waals surface area (Å²) in [6.45, 7) is 2.87. The first-order valence-corrected chi connectivity index (χ1v) is 14.0. The first kappa shape index (κ1) is 24.2. The molecule has 1 aromatic rings. The molecule has 2 fully saturated rings. The second-order valence-electron chi connectivity index (χ2n) is 9.82. The van der Waals surface area contributed by atoms with Crippen LogP contribution in [0.4, 0.5) is 5.69 Å². The lowest BCUT2D eigenvalue weighted by Gasteiger charge is -2.33. The van der Waals surface area contributed by atoms with Gasteiger partial charge in [-0.25, -0.2) is 8.42 Å². The summed E-state index contributed by atoms with van der Waals surface area (Å²) in [6, 6.07) is 5.30. The van der Waals surface area contributed by atoms with Crippen LogP contribution >= 0.6 is 0 Å². The smallest absolute Gasteiger partial charge is 0.243 e. The van der Waals surface area contributed by atoms with Crippen LogP contribution in [-0.2, 0) is 26.0 Å². The topological polar surface area (TPSA) is 86.8 Å². The van der Waals surface area contributed by atoms with Crippen LogP contribution in [0.25, 0.3) is 0 Å². The fraction of sp³-hybridized carbons (Fsp3) is 0.680. The van der Waals surface area contributed by atoms with Crippen molar-refractivity contribution in [1.29, 1.82) is 0 Å². The van der Waals surface area contributed by atoms with Crippen molar-refractivity contribution in [2.45, 2.75) is 88.5 Å². The number of aryl methyl sites for hydroxylation is 1. The van der Waals surface area contributed by atoms with Crippen LogP contribution in [0.5, 0.6) is 0 Å². The average Bonchev–Trinajstić information content (AvgIpc) is 2.79. The van der Waals surface area contributed by atoms with Crippen molar-refractivity contribution >= 4 is 27.5 Å². The molecule has 1 aromatic carbocycles. The number of carbonyl (C=O) groups excluding carboxylic acids is 2. The highest BCUT2D eigenvalue weighted by atomic mass is 32.2. The molecule has 2 heterocycles. The second-order valence-corrected chi connectivity index (χ2v) is 11.8. The summed E-state index contributed by atoms with van der Waals surface area (Å²) in [7, 11) is -3.69. The van der Waals surface area contributed by atoms with Crippen molar-refractivity contribution in [1.82, 2.24) is 9.62 Å². The molecule has 0 bridgehead atoms. The lowest BCUT2D eigenvalue weighted by Crippen LogP contribution is -2.47. The number of benzene rings is 1. The fourth-order valence-electron chi connectivity index (χ4n) is 5.50. The Kier molecular flexibility index (Phi) is 7.74. The summed E-state index contributed by atoms with van der Waals surface area (Å²) >= 11 is 0. The lowest BCUT2D eigenvalue weighted by atomic mass is 9.94. The van der Waals surface area contributed by atoms with E-state index in [1.165, 1.54) is 30.5 Å². The van der Waals surface area contributed by atoms with E-state index in [9.17, 15) is 18.0 Å². The minimum atomic E-state index is -3.69. The van der Waals surface area contributed by atoms with Gasteiger partial charge >= 0.3 is 0 Å². The molecule has 8 heteroatoms. The van der Waals surface area contributed by atoms with E-state index < -0.39 is 10.0 Å². The molecule has 1 aliphatic carbocycles. The molecule has 182 valence electrons. The van der Waals surface area contributed by atoms with Gasteiger partial charge in [-0.15, -0.1) is 0 Å². The first-order valence-electron chi connectivity index (χ1n) is 12.6. The maximum atomic E-state index is 13.4. The second kappa shape index (κ2) is 10.6. The highest BCUT2D eigenvalue weighted by molar-refractivity contribution is 7.89. The number of hydrogen-bond donors (Lipinski definition) is 1. The number of piperidine rings is 1. The molecular formula is C25H37N3O4S. The summed E-state index contributed by atoms with van der Waals surface area (Å²) in [6.07, 6.45) is 11.1. The Balaban J connectivity index is 1.45. The van der Waals surface area contributed by atoms with Crippen LogP contribution < -0.4 is 10.2 Å². The minimum Gasteiger partial charge on any atom is -0.353 e. The van der Waals surface area contributed by atoms with Crippen molar-refractivity contribution in [3.63, 3.8) is 0 Å². The third-order valence-electron chi connectivity index (χ3n) is 7.39. The zero-order valence-corrected chi connectivity index (χ0v) is 20.5. The molecule has 4 rings (SSSR count). The Morgan fingerprint density at radius 3 is 2.39 bits per heavy atom. The predicted molar refractivity (Wildman–Crippen MR) is 129 cm³/mol. The molecule has 0 spiro atoms. The van der Waals surface area contributed by atoms with E-state index in [0.29, 0.717) is 19.5 Å². The number of nitrogens with one attached hydrogen (secondary N) is 1. The van der Waals surface area contributed by atoms with Gasteiger partial charge in [-0.2, -0.15) is 4.31 Å². The maximum absolute atomic E-state index is 13.4. The van der Waals surface area contributed by atoms with Crippen LogP contribution in [0, 0.1) is 5.92 Å². The molecule has 7 nitrogen and oxygen atoms in total. The third-order valence-corrected chi connectivity index (χ3v) is 9.26. The third kappa shape index (κ3) is 5.60. The summed E-state index contributed by atoms with van der Waals surface area (Å²) in [5.74, 6) is -0.325. The summed E-state index contributed by atoms with van der Waals surface area (Å²) < 4.78 is 28.4. The summed E-state index contributed by atoms with van der Waals surface area (Å²) in [5.41, 5.74) is 1.70. The molecule has 0 radical (unpaired) electrons. The van der Waals surface area contributed by atoms with Crippen LogP contribution in [0.15, 0.2) is 23.1 Å². The largest absolute Gasteiger partial charge is 0.353 e. The average molecular weight is 476 g/mol. The van der Waals surface area contributed by atoms with Gasteiger partial charge in [0, 0.05) is 38.3 Å². The van der Waals surface area contributed by atoms with Crippen LogP contribution in [0.2, 0.25) is 0 Å². The van der Waals surface area contributed by atoms with Crippen molar-refractivity contribution in [3.8, 4) is 0 Å². The number of fused-ring (bicyclic) bond motifs is 1. The number of amides is 2. The molecule has 1 saturated heterocycles. The van der Waals surface area contributed by atoms with Crippen molar-refractivity contribution in [3.05, 3.63) is 23.8 Å². The van der Waals surface area contributed by atoms with E-state index >= 15 is 0 Å². The van der Waals surface area contributed by atoms with Gasteiger partial charge in [-0.05, 0) is 62.3 Å². The zero-order valence-electron chi connectivity index (χ0n) is 19.7. The zero-order chi connectivity index (χ0) is 23.4. The van der Waals surface area contributed by atoms with E-state index in [1.54, 1.807) is 23.1 Å². The van der Waals surface area contributed by atoms with Crippen LogP contribution in [0.1, 0.15) is 76.7 Å². The van der Waals surface area contributed by atoms with Gasteiger partial charge in [0.1, 0.15) is 0 Å². The number of anilines is 1. The molecule has 2 amide bonds. The molecule has 2 aliphatic heterocycles. The van der Waals surface area contributed by atoms with Gasteiger partial charge in [0.05, 0.1) is 10.8 Å². The molecule has 0 aromatic heterocycles. The molecule has 1 atom stereocenters. The fourth-order valence-corrected chi connectivity index (χ4v) is 7.08. The van der Waals surface area contributed by atoms with Gasteiger partial charge in [0.25, 0.3) is 0 Å². The van der Waals surface area contributed by atoms with Gasteiger partial charge in [0.2, 0.25) is 21.8 Å². The number of nitrogens with zero attached hydrogens (tertiary/aromatic N) is 2. The lowest BCUT2D eigenvalue weighted by molar-refractivity contribution is -0.127. The Bertz CT molecular complexity index is 970. The van der Waals surface area contributed by atoms with E-state index in [-0.39, 0.29) is 35.2 Å². The number of hydrogen-bond acceptors (Lipinski definition) is 4. The van der Waals surface area contributed by atoms with Crippen LogP contribution in [0.3, 0.4) is 0 Å². The standard InChI is InChI=1S/C25H37N3O4S/c1-19(29)28-16-8-9-20-17-23(13-14-24(20)28)33(31,32)27-15-7-10-21(18-27)25(30)26-22-11-5-3-2-4-6-12-22/h13-14,17,21-22H,2-12,15-16,18H2,1H3,(H,26,30)/t21-/m0/s1. The van der Waals surface area contributed by atoms with Crippen LogP contribution in [-0.4, -0.2) is 50.2 Å². The normalized spacial score (nSPS) is 23.3. The maximum Gasteiger partial charge on any atom is 0.243 e. The molecule has 3 aliphatic rings. The minimum absolute atomic E-state index is 0.00279. The molecule has 1 N–H and O–H groups in total. The SMILES string of the molecule is CC(=O)N1CCCc2cc(S(=O)(=O)N3CCC[C@H](C(=O)NC4CCCCCCC4)C3)ccc21. The number of rotatable bonds is 4. The molecule has 33 heavy (non-hydrogen) atoms. The quantitative estimate of drug-likeness (QED) is 0.721. The molecular weight excluding hydrogens is 438 g/mol. The monoisotopic (exact) mass is 475 g/mol. The summed E-state index contributed by atoms with van der Waals surface area (Å²) in [5, 5.41) is 3.23. The Hall–Kier alpha value is -1.93. The van der Waals surface area contributed by atoms with Crippen molar-refractivity contribution < 1.29 is 18.0 Å². The molecule has 1 saturated carbocycles. The first-order chi connectivity index (χ1) is 15.9. The predicted octanol–water partition coefficient (Wildman–Crippen LogP) is 3.62. The van der Waals surface area contributed by atoms with E-state index in [2.05, 4.69) is 5.32 Å².